The van der Waals surface area contributed by atoms with Crippen molar-refractivity contribution in [1.82, 2.24) is 35.1 Å². The molecule has 0 amide bonds. The Hall–Kier alpha value is -4.18. The molecule has 0 radical (unpaired) electrons. The number of fused-ring (bicyclic) bond motifs is 2. The number of imidazole rings is 1. The predicted octanol–water partition coefficient (Wildman–Crippen LogP) is 4.41. The molecule has 0 aliphatic carbocycles. The number of nitrogen functional groups attached to an aromatic ring is 1. The number of aromatic amines is 2. The zero-order valence-electron chi connectivity index (χ0n) is 15.8. The molecule has 0 atom stereocenters. The number of nitrogens with zero attached hydrogens (tertiary/aromatic N) is 5. The summed E-state index contributed by atoms with van der Waals surface area (Å²) in [7, 11) is 0. The first-order chi connectivity index (χ1) is 15.2. The molecule has 0 aromatic carbocycles. The molecule has 6 rings (SSSR count). The molecule has 0 fully saturated rings. The summed E-state index contributed by atoms with van der Waals surface area (Å²) in [6.45, 7) is 0. The molecule has 31 heavy (non-hydrogen) atoms. The molecule has 0 saturated heterocycles. The van der Waals surface area contributed by atoms with Gasteiger partial charge in [-0.2, -0.15) is 9.49 Å². The Bertz CT molecular complexity index is 1580. The summed E-state index contributed by atoms with van der Waals surface area (Å²) in [5.41, 5.74) is 12.0. The minimum Gasteiger partial charge on any atom is -0.397 e. The summed E-state index contributed by atoms with van der Waals surface area (Å²) >= 11 is 1.07. The SMILES string of the molecule is Nc1cncc(-c2ccc3[nH]nc(-c4nc5c(-c6ccc(F)s6)ccnc5[nH]4)c3n2)c1. The van der Waals surface area contributed by atoms with Crippen LogP contribution in [0.2, 0.25) is 0 Å². The van der Waals surface area contributed by atoms with E-state index in [-0.39, 0.29) is 5.13 Å². The van der Waals surface area contributed by atoms with Crippen LogP contribution in [0.3, 0.4) is 0 Å². The topological polar surface area (TPSA) is 122 Å². The van der Waals surface area contributed by atoms with Gasteiger partial charge in [-0.1, -0.05) is 0 Å². The Morgan fingerprint density at radius 2 is 1.94 bits per heavy atom. The van der Waals surface area contributed by atoms with Crippen LogP contribution < -0.4 is 5.73 Å². The van der Waals surface area contributed by atoms with Gasteiger partial charge in [0.15, 0.2) is 22.3 Å². The second-order valence-electron chi connectivity index (χ2n) is 6.92. The third kappa shape index (κ3) is 2.92. The van der Waals surface area contributed by atoms with E-state index in [1.165, 1.54) is 6.07 Å². The second-order valence-corrected chi connectivity index (χ2v) is 7.95. The Morgan fingerprint density at radius 3 is 2.77 bits per heavy atom. The number of pyridine rings is 3. The van der Waals surface area contributed by atoms with Crippen molar-refractivity contribution in [3.63, 3.8) is 0 Å². The van der Waals surface area contributed by atoms with Crippen LogP contribution in [0, 0.1) is 5.13 Å². The summed E-state index contributed by atoms with van der Waals surface area (Å²) in [4.78, 5) is 22.0. The molecule has 8 nitrogen and oxygen atoms in total. The number of thiophene rings is 1. The molecule has 10 heteroatoms. The van der Waals surface area contributed by atoms with E-state index in [0.717, 1.165) is 38.6 Å². The van der Waals surface area contributed by atoms with Crippen LogP contribution in [0.25, 0.3) is 55.4 Å². The van der Waals surface area contributed by atoms with Crippen molar-refractivity contribution in [2.75, 3.05) is 5.73 Å². The Labute approximate surface area is 178 Å². The number of aromatic nitrogens is 7. The van der Waals surface area contributed by atoms with Crippen molar-refractivity contribution >= 4 is 39.2 Å². The van der Waals surface area contributed by atoms with E-state index < -0.39 is 0 Å². The molecular formula is C21H13FN8S. The van der Waals surface area contributed by atoms with E-state index >= 15 is 0 Å². The zero-order valence-corrected chi connectivity index (χ0v) is 16.6. The van der Waals surface area contributed by atoms with Crippen molar-refractivity contribution in [2.45, 2.75) is 0 Å². The lowest BCUT2D eigenvalue weighted by Gasteiger charge is -2.02. The van der Waals surface area contributed by atoms with Crippen molar-refractivity contribution in [1.29, 1.82) is 0 Å². The molecule has 0 aliphatic rings. The van der Waals surface area contributed by atoms with Crippen LogP contribution in [0.4, 0.5) is 10.1 Å². The van der Waals surface area contributed by atoms with Gasteiger partial charge < -0.3 is 10.7 Å². The summed E-state index contributed by atoms with van der Waals surface area (Å²) in [5, 5.41) is 7.15. The maximum atomic E-state index is 13.6. The van der Waals surface area contributed by atoms with E-state index in [2.05, 4.69) is 25.1 Å². The fourth-order valence-electron chi connectivity index (χ4n) is 3.50. The average Bonchev–Trinajstić information content (AvgIpc) is 3.50. The highest BCUT2D eigenvalue weighted by Gasteiger charge is 2.18. The quantitative estimate of drug-likeness (QED) is 0.384. The van der Waals surface area contributed by atoms with E-state index in [4.69, 9.17) is 15.7 Å². The minimum absolute atomic E-state index is 0.248. The molecule has 6 aromatic heterocycles. The Balaban J connectivity index is 1.51. The second kappa shape index (κ2) is 6.67. The monoisotopic (exact) mass is 428 g/mol. The fraction of sp³-hybridized carbons (Fsp3) is 0. The van der Waals surface area contributed by atoms with Gasteiger partial charge >= 0.3 is 0 Å². The Morgan fingerprint density at radius 1 is 1.00 bits per heavy atom. The molecule has 0 spiro atoms. The molecule has 6 aromatic rings. The maximum absolute atomic E-state index is 13.6. The smallest absolute Gasteiger partial charge is 0.176 e. The van der Waals surface area contributed by atoms with E-state index in [9.17, 15) is 4.39 Å². The predicted molar refractivity (Wildman–Crippen MR) is 118 cm³/mol. The fourth-order valence-corrected chi connectivity index (χ4v) is 4.26. The first-order valence-corrected chi connectivity index (χ1v) is 10.1. The van der Waals surface area contributed by atoms with Gasteiger partial charge in [-0.3, -0.25) is 10.1 Å². The zero-order chi connectivity index (χ0) is 20.9. The average molecular weight is 428 g/mol. The van der Waals surface area contributed by atoms with Crippen molar-refractivity contribution in [3.05, 3.63) is 60.1 Å². The number of nitrogens with two attached hydrogens (primary N) is 1. The third-order valence-corrected chi connectivity index (χ3v) is 5.82. The highest BCUT2D eigenvalue weighted by atomic mass is 32.1. The highest BCUT2D eigenvalue weighted by Crippen LogP contribution is 2.33. The molecule has 150 valence electrons. The standard InChI is InChI=1S/C21H13FN8S/c22-16-4-3-15(31-16)12-5-6-25-20-17(12)27-21(28-20)19-18-14(29-30-19)2-1-13(26-18)10-7-11(23)9-24-8-10/h1-9H,23H2,(H,29,30)(H,25,27,28). The number of anilines is 1. The normalized spacial score (nSPS) is 11.5. The van der Waals surface area contributed by atoms with Gasteiger partial charge in [-0.25, -0.2) is 15.0 Å². The van der Waals surface area contributed by atoms with Crippen molar-refractivity contribution in [3.8, 4) is 33.2 Å². The van der Waals surface area contributed by atoms with Gasteiger partial charge in [0.2, 0.25) is 0 Å². The van der Waals surface area contributed by atoms with Crippen LogP contribution in [-0.4, -0.2) is 35.1 Å². The van der Waals surface area contributed by atoms with Gasteiger partial charge in [0.05, 0.1) is 16.9 Å². The first-order valence-electron chi connectivity index (χ1n) is 9.32. The molecule has 0 bridgehead atoms. The van der Waals surface area contributed by atoms with E-state index in [0.29, 0.717) is 33.9 Å². The number of halogens is 1. The van der Waals surface area contributed by atoms with Crippen molar-refractivity contribution in [2.24, 2.45) is 0 Å². The summed E-state index contributed by atoms with van der Waals surface area (Å²) < 4.78 is 13.6. The highest BCUT2D eigenvalue weighted by molar-refractivity contribution is 7.14. The Kier molecular flexibility index (Phi) is 3.80. The maximum Gasteiger partial charge on any atom is 0.176 e. The van der Waals surface area contributed by atoms with Gasteiger partial charge in [-0.15, -0.1) is 11.3 Å². The molecule has 0 saturated carbocycles. The number of hydrogen-bond acceptors (Lipinski definition) is 7. The van der Waals surface area contributed by atoms with Crippen LogP contribution >= 0.6 is 11.3 Å². The van der Waals surface area contributed by atoms with E-state index in [1.54, 1.807) is 24.7 Å². The van der Waals surface area contributed by atoms with Crippen molar-refractivity contribution < 1.29 is 4.39 Å². The van der Waals surface area contributed by atoms with Crippen LogP contribution in [0.5, 0.6) is 0 Å². The molecule has 0 unspecified atom stereocenters. The van der Waals surface area contributed by atoms with Crippen LogP contribution in [-0.2, 0) is 0 Å². The molecule has 0 aliphatic heterocycles. The summed E-state index contributed by atoms with van der Waals surface area (Å²) in [6.07, 6.45) is 4.97. The molecule has 4 N–H and O–H groups in total. The third-order valence-electron chi connectivity index (χ3n) is 4.91. The number of rotatable bonds is 3. The van der Waals surface area contributed by atoms with Gasteiger partial charge in [0.1, 0.15) is 11.0 Å². The lowest BCUT2D eigenvalue weighted by molar-refractivity contribution is 0.657. The van der Waals surface area contributed by atoms with Crippen LogP contribution in [0.1, 0.15) is 0 Å². The minimum atomic E-state index is -0.248. The van der Waals surface area contributed by atoms with Gasteiger partial charge in [0, 0.05) is 34.6 Å². The molecular weight excluding hydrogens is 415 g/mol. The van der Waals surface area contributed by atoms with Gasteiger partial charge in [-0.05, 0) is 36.4 Å². The number of H-pyrrole nitrogens is 2. The van der Waals surface area contributed by atoms with Crippen LogP contribution in [0.15, 0.2) is 55.0 Å². The first kappa shape index (κ1) is 17.7. The lowest BCUT2D eigenvalue weighted by atomic mass is 10.1. The summed E-state index contributed by atoms with van der Waals surface area (Å²) in [5.74, 6) is 0.522. The number of nitrogens with one attached hydrogen (secondary N) is 2. The lowest BCUT2D eigenvalue weighted by Crippen LogP contribution is -1.90. The summed E-state index contributed by atoms with van der Waals surface area (Å²) in [6, 6.07) is 10.6. The molecule has 6 heterocycles. The largest absolute Gasteiger partial charge is 0.397 e. The number of hydrogen-bond donors (Lipinski definition) is 3. The van der Waals surface area contributed by atoms with Gasteiger partial charge in [0.25, 0.3) is 0 Å². The van der Waals surface area contributed by atoms with E-state index in [1.807, 2.05) is 24.3 Å².